The third-order valence-electron chi connectivity index (χ3n) is 3.92. The number of benzene rings is 2. The fourth-order valence-corrected chi connectivity index (χ4v) is 3.43. The number of thiocarbonyl (C=S) groups is 1. The fourth-order valence-electron chi connectivity index (χ4n) is 2.33. The summed E-state index contributed by atoms with van der Waals surface area (Å²) in [7, 11) is 0. The second-order valence-electron chi connectivity index (χ2n) is 6.39. The van der Waals surface area contributed by atoms with Gasteiger partial charge in [-0.25, -0.2) is 0 Å². The van der Waals surface area contributed by atoms with Crippen molar-refractivity contribution in [1.82, 2.24) is 10.3 Å². The molecule has 0 bridgehead atoms. The zero-order valence-corrected chi connectivity index (χ0v) is 20.7. The molecule has 2 rings (SSSR count). The predicted molar refractivity (Wildman–Crippen MR) is 139 cm³/mol. The number of hydrazone groups is 1. The molecule has 4 N–H and O–H groups in total. The van der Waals surface area contributed by atoms with E-state index in [1.54, 1.807) is 18.3 Å². The largest absolute Gasteiger partial charge is 0.375 e. The molecule has 0 spiro atoms. The van der Waals surface area contributed by atoms with Crippen LogP contribution in [0.1, 0.15) is 31.9 Å². The predicted octanol–water partition coefficient (Wildman–Crippen LogP) is 4.85. The molecule has 0 saturated heterocycles. The SMILES string of the molecule is CC(=O)Nc1ccc(/C=N/NC(N)=S)cc1.CCN(CC)C(=O)SCc1ccc(Cl)cc1. The lowest BCUT2D eigenvalue weighted by atomic mass is 10.2. The Kier molecular flexibility index (Phi) is 13.0. The Morgan fingerprint density at radius 1 is 1.12 bits per heavy atom. The van der Waals surface area contributed by atoms with Crippen LogP contribution in [0.5, 0.6) is 0 Å². The maximum atomic E-state index is 11.7. The van der Waals surface area contributed by atoms with Gasteiger partial charge in [0, 0.05) is 36.5 Å². The zero-order valence-electron chi connectivity index (χ0n) is 18.3. The Morgan fingerprint density at radius 3 is 2.22 bits per heavy atom. The first-order chi connectivity index (χ1) is 15.2. The third-order valence-corrected chi connectivity index (χ3v) is 5.24. The number of thioether (sulfide) groups is 1. The fraction of sp³-hybridized carbons (Fsp3) is 0.273. The third kappa shape index (κ3) is 11.7. The number of nitrogens with zero attached hydrogens (tertiary/aromatic N) is 2. The number of hydrogen-bond donors (Lipinski definition) is 3. The van der Waals surface area contributed by atoms with Crippen LogP contribution >= 0.6 is 35.6 Å². The maximum Gasteiger partial charge on any atom is 0.281 e. The zero-order chi connectivity index (χ0) is 23.9. The highest BCUT2D eigenvalue weighted by Gasteiger charge is 2.09. The van der Waals surface area contributed by atoms with Gasteiger partial charge in [0.1, 0.15) is 0 Å². The number of halogens is 1. The Bertz CT molecular complexity index is 902. The average molecular weight is 494 g/mol. The van der Waals surface area contributed by atoms with E-state index in [1.807, 2.05) is 55.1 Å². The van der Waals surface area contributed by atoms with Gasteiger partial charge in [-0.15, -0.1) is 0 Å². The van der Waals surface area contributed by atoms with Crippen LogP contribution in [0.2, 0.25) is 5.02 Å². The molecule has 7 nitrogen and oxygen atoms in total. The van der Waals surface area contributed by atoms with E-state index in [4.69, 9.17) is 17.3 Å². The van der Waals surface area contributed by atoms with E-state index in [2.05, 4.69) is 28.1 Å². The standard InChI is InChI=1S/C12H16ClNOS.C10H12N4OS/c1-3-14(4-2)12(15)16-9-10-5-7-11(13)8-6-10;1-7(15)13-9-4-2-8(3-5-9)6-12-14-10(11)16/h5-8H,3-4,9H2,1-2H3;2-6H,1H3,(H,13,15)(H3,11,14,16)/b;12-6+. The van der Waals surface area contributed by atoms with Crippen molar-refractivity contribution in [3.8, 4) is 0 Å². The Balaban J connectivity index is 0.000000320. The van der Waals surface area contributed by atoms with Crippen molar-refractivity contribution in [1.29, 1.82) is 0 Å². The highest BCUT2D eigenvalue weighted by atomic mass is 35.5. The van der Waals surface area contributed by atoms with Crippen LogP contribution in [-0.4, -0.2) is 40.5 Å². The van der Waals surface area contributed by atoms with Crippen LogP contribution in [0.25, 0.3) is 0 Å². The summed E-state index contributed by atoms with van der Waals surface area (Å²) < 4.78 is 0. The van der Waals surface area contributed by atoms with Gasteiger partial charge in [-0.1, -0.05) is 47.6 Å². The van der Waals surface area contributed by atoms with E-state index in [1.165, 1.54) is 18.7 Å². The molecule has 0 aliphatic carbocycles. The lowest BCUT2D eigenvalue weighted by Gasteiger charge is -2.17. The van der Waals surface area contributed by atoms with E-state index in [9.17, 15) is 9.59 Å². The molecule has 0 radical (unpaired) electrons. The molecule has 0 aliphatic rings. The summed E-state index contributed by atoms with van der Waals surface area (Å²) >= 11 is 11.7. The van der Waals surface area contributed by atoms with E-state index < -0.39 is 0 Å². The minimum absolute atomic E-state index is 0.100. The first kappa shape index (κ1) is 27.4. The number of rotatable bonds is 7. The number of anilines is 1. The summed E-state index contributed by atoms with van der Waals surface area (Å²) in [6.45, 7) is 6.97. The smallest absolute Gasteiger partial charge is 0.281 e. The first-order valence-electron chi connectivity index (χ1n) is 9.87. The van der Waals surface area contributed by atoms with E-state index in [0.29, 0.717) is 5.75 Å². The summed E-state index contributed by atoms with van der Waals surface area (Å²) in [4.78, 5) is 24.3. The maximum absolute atomic E-state index is 11.7. The molecule has 0 heterocycles. The highest BCUT2D eigenvalue weighted by Crippen LogP contribution is 2.18. The lowest BCUT2D eigenvalue weighted by Crippen LogP contribution is -2.26. The number of carbonyl (C=O) groups excluding carboxylic acids is 2. The van der Waals surface area contributed by atoms with Crippen LogP contribution in [0, 0.1) is 0 Å². The molecule has 2 aromatic carbocycles. The molecule has 172 valence electrons. The molecular formula is C22H28ClN5O2S2. The molecule has 10 heteroatoms. The van der Waals surface area contributed by atoms with Gasteiger partial charge in [-0.2, -0.15) is 5.10 Å². The van der Waals surface area contributed by atoms with Crippen LogP contribution in [0.4, 0.5) is 10.5 Å². The molecule has 32 heavy (non-hydrogen) atoms. The van der Waals surface area contributed by atoms with Gasteiger partial charge in [0.05, 0.1) is 6.21 Å². The summed E-state index contributed by atoms with van der Waals surface area (Å²) in [5.41, 5.74) is 10.4. The minimum atomic E-state index is -0.100. The Hall–Kier alpha value is -2.62. The van der Waals surface area contributed by atoms with Gasteiger partial charge in [0.25, 0.3) is 5.24 Å². The van der Waals surface area contributed by atoms with Crippen molar-refractivity contribution in [2.24, 2.45) is 10.8 Å². The lowest BCUT2D eigenvalue weighted by molar-refractivity contribution is -0.114. The van der Waals surface area contributed by atoms with Crippen LogP contribution in [-0.2, 0) is 10.5 Å². The normalized spacial score (nSPS) is 10.1. The molecular weight excluding hydrogens is 466 g/mol. The summed E-state index contributed by atoms with van der Waals surface area (Å²) in [5.74, 6) is 0.600. The molecule has 0 aliphatic heterocycles. The molecule has 2 amide bonds. The van der Waals surface area contributed by atoms with Crippen molar-refractivity contribution in [3.05, 3.63) is 64.7 Å². The van der Waals surface area contributed by atoms with Crippen LogP contribution in [0.3, 0.4) is 0 Å². The van der Waals surface area contributed by atoms with Gasteiger partial charge in [-0.05, 0) is 61.5 Å². The summed E-state index contributed by atoms with van der Waals surface area (Å²) in [5, 5.41) is 7.45. The number of hydrogen-bond acceptors (Lipinski definition) is 5. The molecule has 0 saturated carbocycles. The Morgan fingerprint density at radius 2 is 1.72 bits per heavy atom. The quantitative estimate of drug-likeness (QED) is 0.289. The number of nitrogens with one attached hydrogen (secondary N) is 2. The average Bonchev–Trinajstić information content (AvgIpc) is 2.75. The number of carbonyl (C=O) groups is 2. The molecule has 2 aromatic rings. The van der Waals surface area contributed by atoms with Crippen molar-refractivity contribution >= 4 is 63.7 Å². The van der Waals surface area contributed by atoms with Crippen LogP contribution in [0.15, 0.2) is 53.6 Å². The van der Waals surface area contributed by atoms with Crippen molar-refractivity contribution in [2.45, 2.75) is 26.5 Å². The second-order valence-corrected chi connectivity index (χ2v) is 8.19. The minimum Gasteiger partial charge on any atom is -0.375 e. The highest BCUT2D eigenvalue weighted by molar-refractivity contribution is 8.12. The van der Waals surface area contributed by atoms with E-state index in [0.717, 1.165) is 34.9 Å². The summed E-state index contributed by atoms with van der Waals surface area (Å²) in [6.07, 6.45) is 1.58. The molecule has 0 fully saturated rings. The van der Waals surface area contributed by atoms with Gasteiger partial charge in [0.15, 0.2) is 5.11 Å². The Labute approximate surface area is 203 Å². The van der Waals surface area contributed by atoms with Crippen molar-refractivity contribution in [2.75, 3.05) is 18.4 Å². The number of nitrogens with two attached hydrogens (primary N) is 1. The molecule has 0 unspecified atom stereocenters. The van der Waals surface area contributed by atoms with Gasteiger partial charge < -0.3 is 16.0 Å². The van der Waals surface area contributed by atoms with E-state index in [-0.39, 0.29) is 16.3 Å². The van der Waals surface area contributed by atoms with Gasteiger partial charge in [0.2, 0.25) is 5.91 Å². The van der Waals surface area contributed by atoms with Gasteiger partial charge >= 0.3 is 0 Å². The number of amides is 2. The first-order valence-corrected chi connectivity index (χ1v) is 11.6. The van der Waals surface area contributed by atoms with E-state index >= 15 is 0 Å². The monoisotopic (exact) mass is 493 g/mol. The van der Waals surface area contributed by atoms with Crippen molar-refractivity contribution in [3.63, 3.8) is 0 Å². The van der Waals surface area contributed by atoms with Crippen LogP contribution < -0.4 is 16.5 Å². The molecule has 0 atom stereocenters. The second kappa shape index (κ2) is 15.2. The summed E-state index contributed by atoms with van der Waals surface area (Å²) in [6, 6.07) is 14.8. The van der Waals surface area contributed by atoms with Crippen molar-refractivity contribution < 1.29 is 9.59 Å². The van der Waals surface area contributed by atoms with Gasteiger partial charge in [-0.3, -0.25) is 15.0 Å². The topological polar surface area (TPSA) is 99.8 Å². The molecule has 0 aromatic heterocycles.